The van der Waals surface area contributed by atoms with Crippen LogP contribution in [0.1, 0.15) is 52.4 Å². The van der Waals surface area contributed by atoms with E-state index in [-0.39, 0.29) is 0 Å². The van der Waals surface area contributed by atoms with Crippen molar-refractivity contribution in [1.82, 2.24) is 5.32 Å². The van der Waals surface area contributed by atoms with Gasteiger partial charge in [0.25, 0.3) is 0 Å². The molecular formula is C16H24N2. The highest BCUT2D eigenvalue weighted by Gasteiger charge is 2.52. The van der Waals surface area contributed by atoms with E-state index < -0.39 is 0 Å². The fourth-order valence-electron chi connectivity index (χ4n) is 5.16. The zero-order valence-electron chi connectivity index (χ0n) is 11.6. The number of nitrogens with zero attached hydrogens (tertiary/aromatic N) is 1. The van der Waals surface area contributed by atoms with E-state index >= 15 is 0 Å². The van der Waals surface area contributed by atoms with Gasteiger partial charge in [-0.25, -0.2) is 0 Å². The standard InChI is InChI=1S/C16H24N2/c1-11(2)18-15(3-4-17)16-8-12-5-13(9-16)7-14(6-12)10-16/h3,11-14,18H,5-10H2,1-2H3/b15-3+. The monoisotopic (exact) mass is 244 g/mol. The second kappa shape index (κ2) is 4.30. The van der Waals surface area contributed by atoms with Crippen molar-refractivity contribution in [3.63, 3.8) is 0 Å². The third kappa shape index (κ3) is 1.94. The summed E-state index contributed by atoms with van der Waals surface area (Å²) >= 11 is 0. The Morgan fingerprint density at radius 3 is 2.06 bits per heavy atom. The van der Waals surface area contributed by atoms with Crippen molar-refractivity contribution in [1.29, 1.82) is 5.26 Å². The van der Waals surface area contributed by atoms with Crippen molar-refractivity contribution in [2.24, 2.45) is 23.2 Å². The molecule has 2 heteroatoms. The number of rotatable bonds is 3. The van der Waals surface area contributed by atoms with Gasteiger partial charge in [-0.1, -0.05) is 0 Å². The average Bonchev–Trinajstić information content (AvgIpc) is 2.26. The van der Waals surface area contributed by atoms with Crippen LogP contribution in [0.4, 0.5) is 0 Å². The van der Waals surface area contributed by atoms with Crippen molar-refractivity contribution < 1.29 is 0 Å². The molecule has 0 aromatic heterocycles. The second-order valence-corrected chi connectivity index (χ2v) is 7.18. The maximum Gasteiger partial charge on any atom is 0.0930 e. The molecule has 4 bridgehead atoms. The highest BCUT2D eigenvalue weighted by atomic mass is 14.9. The molecule has 0 aromatic carbocycles. The van der Waals surface area contributed by atoms with Crippen LogP contribution in [0.25, 0.3) is 0 Å². The number of nitrogens with one attached hydrogen (secondary N) is 1. The summed E-state index contributed by atoms with van der Waals surface area (Å²) in [5.41, 5.74) is 1.58. The van der Waals surface area contributed by atoms with Gasteiger partial charge in [0.2, 0.25) is 0 Å². The van der Waals surface area contributed by atoms with Crippen LogP contribution in [0.5, 0.6) is 0 Å². The van der Waals surface area contributed by atoms with Gasteiger partial charge in [-0.2, -0.15) is 5.26 Å². The minimum Gasteiger partial charge on any atom is -0.385 e. The largest absolute Gasteiger partial charge is 0.385 e. The Morgan fingerprint density at radius 2 is 1.67 bits per heavy atom. The first-order valence-electron chi connectivity index (χ1n) is 7.48. The summed E-state index contributed by atoms with van der Waals surface area (Å²) in [5, 5.41) is 12.7. The van der Waals surface area contributed by atoms with Gasteiger partial charge in [0.15, 0.2) is 0 Å². The molecule has 0 unspecified atom stereocenters. The Morgan fingerprint density at radius 1 is 1.17 bits per heavy atom. The summed E-state index contributed by atoms with van der Waals surface area (Å²) in [5.74, 6) is 2.81. The molecule has 0 radical (unpaired) electrons. The molecule has 4 aliphatic carbocycles. The van der Waals surface area contributed by atoms with Crippen LogP contribution in [0.15, 0.2) is 11.8 Å². The minimum atomic E-state index is 0.328. The summed E-state index contributed by atoms with van der Waals surface area (Å²) in [4.78, 5) is 0. The quantitative estimate of drug-likeness (QED) is 0.770. The van der Waals surface area contributed by atoms with Crippen LogP contribution in [0.2, 0.25) is 0 Å². The van der Waals surface area contributed by atoms with Gasteiger partial charge in [0.1, 0.15) is 0 Å². The first-order chi connectivity index (χ1) is 8.61. The van der Waals surface area contributed by atoms with E-state index in [1.54, 1.807) is 6.08 Å². The predicted molar refractivity (Wildman–Crippen MR) is 72.6 cm³/mol. The third-order valence-electron chi connectivity index (χ3n) is 5.26. The van der Waals surface area contributed by atoms with E-state index in [2.05, 4.69) is 25.2 Å². The highest BCUT2D eigenvalue weighted by Crippen LogP contribution is 2.62. The summed E-state index contributed by atoms with van der Waals surface area (Å²) < 4.78 is 0. The van der Waals surface area contributed by atoms with Gasteiger partial charge in [-0.15, -0.1) is 0 Å². The molecular weight excluding hydrogens is 220 g/mol. The third-order valence-corrected chi connectivity index (χ3v) is 5.26. The smallest absolute Gasteiger partial charge is 0.0930 e. The van der Waals surface area contributed by atoms with Gasteiger partial charge in [0, 0.05) is 23.2 Å². The Bertz CT molecular complexity index is 365. The van der Waals surface area contributed by atoms with Gasteiger partial charge in [0.05, 0.1) is 6.07 Å². The summed E-state index contributed by atoms with van der Waals surface area (Å²) in [6, 6.07) is 2.70. The second-order valence-electron chi connectivity index (χ2n) is 7.18. The average molecular weight is 244 g/mol. The fraction of sp³-hybridized carbons (Fsp3) is 0.812. The van der Waals surface area contributed by atoms with E-state index in [4.69, 9.17) is 5.26 Å². The number of hydrogen-bond acceptors (Lipinski definition) is 2. The lowest BCUT2D eigenvalue weighted by molar-refractivity contribution is -0.0343. The molecule has 0 aliphatic heterocycles. The number of allylic oxidation sites excluding steroid dienone is 2. The van der Waals surface area contributed by atoms with Gasteiger partial charge < -0.3 is 5.32 Å². The van der Waals surface area contributed by atoms with E-state index in [0.717, 1.165) is 17.8 Å². The van der Waals surface area contributed by atoms with Gasteiger partial charge in [-0.3, -0.25) is 0 Å². The van der Waals surface area contributed by atoms with Crippen LogP contribution in [-0.2, 0) is 0 Å². The molecule has 4 rings (SSSR count). The molecule has 98 valence electrons. The van der Waals surface area contributed by atoms with Crippen molar-refractivity contribution in [2.75, 3.05) is 0 Å². The molecule has 0 atom stereocenters. The molecule has 4 saturated carbocycles. The molecule has 0 heterocycles. The molecule has 4 fully saturated rings. The van der Waals surface area contributed by atoms with Crippen LogP contribution in [0.3, 0.4) is 0 Å². The Hall–Kier alpha value is -0.970. The lowest BCUT2D eigenvalue weighted by Gasteiger charge is -2.57. The fourth-order valence-corrected chi connectivity index (χ4v) is 5.16. The molecule has 2 nitrogen and oxygen atoms in total. The van der Waals surface area contributed by atoms with Gasteiger partial charge >= 0.3 is 0 Å². The van der Waals surface area contributed by atoms with E-state index in [1.165, 1.54) is 44.2 Å². The molecule has 1 N–H and O–H groups in total. The van der Waals surface area contributed by atoms with Gasteiger partial charge in [-0.05, 0) is 70.1 Å². The van der Waals surface area contributed by atoms with Crippen molar-refractivity contribution in [2.45, 2.75) is 58.4 Å². The minimum absolute atomic E-state index is 0.328. The summed E-state index contributed by atoms with van der Waals surface area (Å²) in [7, 11) is 0. The van der Waals surface area contributed by atoms with Crippen LogP contribution in [-0.4, -0.2) is 6.04 Å². The normalized spacial score (nSPS) is 42.1. The lowest BCUT2D eigenvalue weighted by atomic mass is 9.48. The number of hydrogen-bond donors (Lipinski definition) is 1. The first-order valence-corrected chi connectivity index (χ1v) is 7.48. The van der Waals surface area contributed by atoms with Crippen LogP contribution < -0.4 is 5.32 Å². The zero-order chi connectivity index (χ0) is 12.8. The Balaban J connectivity index is 1.89. The topological polar surface area (TPSA) is 35.8 Å². The maximum absolute atomic E-state index is 9.08. The van der Waals surface area contributed by atoms with Crippen LogP contribution in [0, 0.1) is 34.5 Å². The van der Waals surface area contributed by atoms with E-state index in [1.807, 2.05) is 0 Å². The predicted octanol–water partition coefficient (Wildman–Crippen LogP) is 3.61. The molecule has 18 heavy (non-hydrogen) atoms. The van der Waals surface area contributed by atoms with Crippen molar-refractivity contribution in [3.05, 3.63) is 11.8 Å². The summed E-state index contributed by atoms with van der Waals surface area (Å²) in [6.45, 7) is 4.34. The number of nitriles is 1. The zero-order valence-corrected chi connectivity index (χ0v) is 11.6. The SMILES string of the molecule is CC(C)N/C(=C/C#N)C12CC3CC(CC(C3)C1)C2. The van der Waals surface area contributed by atoms with Crippen LogP contribution >= 0.6 is 0 Å². The Kier molecular flexibility index (Phi) is 2.88. The lowest BCUT2D eigenvalue weighted by Crippen LogP contribution is -2.49. The molecule has 4 aliphatic rings. The van der Waals surface area contributed by atoms with Crippen molar-refractivity contribution >= 4 is 0 Å². The van der Waals surface area contributed by atoms with E-state index in [9.17, 15) is 0 Å². The first kappa shape index (κ1) is 12.1. The molecule has 0 aromatic rings. The molecule has 0 spiro atoms. The van der Waals surface area contributed by atoms with E-state index in [0.29, 0.717) is 11.5 Å². The Labute approximate surface area is 110 Å². The summed E-state index contributed by atoms with van der Waals surface area (Å²) in [6.07, 6.45) is 10.2. The van der Waals surface area contributed by atoms with Crippen molar-refractivity contribution in [3.8, 4) is 6.07 Å². The maximum atomic E-state index is 9.08. The highest BCUT2D eigenvalue weighted by molar-refractivity contribution is 5.24. The molecule has 0 amide bonds. The molecule has 0 saturated heterocycles.